The van der Waals surface area contributed by atoms with E-state index in [0.717, 1.165) is 19.3 Å². The molecule has 1 nitrogen and oxygen atoms in total. The second-order valence-corrected chi connectivity index (χ2v) is 9.90. The zero-order valence-electron chi connectivity index (χ0n) is 9.49. The second-order valence-electron chi connectivity index (χ2n) is 5.07. The summed E-state index contributed by atoms with van der Waals surface area (Å²) >= 11 is 0. The molecule has 0 radical (unpaired) electrons. The Morgan fingerprint density at radius 1 is 1.20 bits per heavy atom. The molecule has 0 aliphatic heterocycles. The van der Waals surface area contributed by atoms with Crippen molar-refractivity contribution in [3.63, 3.8) is 0 Å². The number of ketones is 1. The summed E-state index contributed by atoms with van der Waals surface area (Å²) in [6.45, 7) is 4.79. The van der Waals surface area contributed by atoms with Crippen LogP contribution in [0.3, 0.4) is 0 Å². The fraction of sp³-hybridized carbons (Fsp3) is 0.462. The number of carbonyl (C=O) groups excluding carboxylic acids is 1. The lowest BCUT2D eigenvalue weighted by Gasteiger charge is -2.29. The highest BCUT2D eigenvalue weighted by molar-refractivity contribution is 6.91. The van der Waals surface area contributed by atoms with Crippen molar-refractivity contribution in [3.05, 3.63) is 30.3 Å². The Bertz CT molecular complexity index is 356. The summed E-state index contributed by atoms with van der Waals surface area (Å²) in [4.78, 5) is 11.4. The van der Waals surface area contributed by atoms with Crippen LogP contribution >= 0.6 is 0 Å². The van der Waals surface area contributed by atoms with Crippen molar-refractivity contribution in [2.45, 2.75) is 37.9 Å². The number of hydrogen-bond acceptors (Lipinski definition) is 1. The Hall–Kier alpha value is -0.893. The van der Waals surface area contributed by atoms with Gasteiger partial charge in [0.05, 0.1) is 8.07 Å². The molecule has 1 aliphatic rings. The average molecular weight is 218 g/mol. The van der Waals surface area contributed by atoms with Crippen LogP contribution in [0.5, 0.6) is 0 Å². The van der Waals surface area contributed by atoms with Crippen molar-refractivity contribution in [1.82, 2.24) is 0 Å². The summed E-state index contributed by atoms with van der Waals surface area (Å²) in [7, 11) is -1.41. The molecule has 2 heteroatoms. The Morgan fingerprint density at radius 2 is 1.87 bits per heavy atom. The minimum absolute atomic E-state index is 0.469. The van der Waals surface area contributed by atoms with Gasteiger partial charge in [0.2, 0.25) is 0 Å². The predicted molar refractivity (Wildman–Crippen MR) is 66.2 cm³/mol. The first-order chi connectivity index (χ1) is 7.10. The van der Waals surface area contributed by atoms with Crippen LogP contribution in [0.25, 0.3) is 0 Å². The van der Waals surface area contributed by atoms with Crippen LogP contribution in [-0.2, 0) is 4.79 Å². The van der Waals surface area contributed by atoms with Crippen LogP contribution in [0.15, 0.2) is 30.3 Å². The summed E-state index contributed by atoms with van der Waals surface area (Å²) in [6, 6.07) is 10.7. The molecule has 0 amide bonds. The van der Waals surface area contributed by atoms with Gasteiger partial charge in [0.15, 0.2) is 0 Å². The van der Waals surface area contributed by atoms with Crippen molar-refractivity contribution in [2.75, 3.05) is 0 Å². The molecule has 2 rings (SSSR count). The molecule has 15 heavy (non-hydrogen) atoms. The quantitative estimate of drug-likeness (QED) is 0.698. The van der Waals surface area contributed by atoms with E-state index in [1.807, 2.05) is 0 Å². The first kappa shape index (κ1) is 10.6. The van der Waals surface area contributed by atoms with E-state index in [-0.39, 0.29) is 0 Å². The van der Waals surface area contributed by atoms with Crippen LogP contribution < -0.4 is 5.19 Å². The van der Waals surface area contributed by atoms with Gasteiger partial charge in [-0.3, -0.25) is 4.79 Å². The van der Waals surface area contributed by atoms with Gasteiger partial charge in [0.1, 0.15) is 5.78 Å². The van der Waals surface area contributed by atoms with Crippen molar-refractivity contribution in [2.24, 2.45) is 0 Å². The summed E-state index contributed by atoms with van der Waals surface area (Å²) in [5, 5.41) is 1.49. The van der Waals surface area contributed by atoms with Gasteiger partial charge in [-0.2, -0.15) is 0 Å². The molecule has 0 saturated heterocycles. The van der Waals surface area contributed by atoms with Crippen LogP contribution in [0.4, 0.5) is 0 Å². The zero-order valence-corrected chi connectivity index (χ0v) is 10.5. The average Bonchev–Trinajstić information content (AvgIpc) is 2.67. The van der Waals surface area contributed by atoms with E-state index >= 15 is 0 Å². The summed E-state index contributed by atoms with van der Waals surface area (Å²) in [5.74, 6) is 0.469. The highest BCUT2D eigenvalue weighted by Gasteiger charge is 2.37. The van der Waals surface area contributed by atoms with Crippen molar-refractivity contribution in [3.8, 4) is 0 Å². The normalized spacial score (nSPS) is 22.0. The monoisotopic (exact) mass is 218 g/mol. The number of carbonyl (C=O) groups is 1. The lowest BCUT2D eigenvalue weighted by molar-refractivity contribution is -0.117. The van der Waals surface area contributed by atoms with Gasteiger partial charge in [0.25, 0.3) is 0 Å². The number of Topliss-reactive ketones (excluding diaryl/α,β-unsaturated/α-hetero) is 1. The third-order valence-electron chi connectivity index (χ3n) is 3.78. The van der Waals surface area contributed by atoms with E-state index in [4.69, 9.17) is 0 Å². The van der Waals surface area contributed by atoms with E-state index in [1.165, 1.54) is 5.19 Å². The fourth-order valence-corrected chi connectivity index (χ4v) is 5.66. The summed E-state index contributed by atoms with van der Waals surface area (Å²) in [5.41, 5.74) is 0.660. The third-order valence-corrected chi connectivity index (χ3v) is 8.14. The maximum atomic E-state index is 11.4. The second kappa shape index (κ2) is 3.93. The molecule has 1 aromatic carbocycles. The van der Waals surface area contributed by atoms with Gasteiger partial charge >= 0.3 is 0 Å². The van der Waals surface area contributed by atoms with Gasteiger partial charge < -0.3 is 0 Å². The van der Waals surface area contributed by atoms with Crippen molar-refractivity contribution in [1.29, 1.82) is 0 Å². The Morgan fingerprint density at radius 3 is 2.40 bits per heavy atom. The van der Waals surface area contributed by atoms with Gasteiger partial charge in [0, 0.05) is 12.8 Å². The van der Waals surface area contributed by atoms with E-state index < -0.39 is 8.07 Å². The number of hydrogen-bond donors (Lipinski definition) is 0. The zero-order chi connectivity index (χ0) is 10.9. The van der Waals surface area contributed by atoms with Gasteiger partial charge in [-0.25, -0.2) is 0 Å². The third kappa shape index (κ3) is 2.05. The van der Waals surface area contributed by atoms with Crippen LogP contribution in [-0.4, -0.2) is 13.9 Å². The lowest BCUT2D eigenvalue weighted by atomic mass is 10.3. The molecular formula is C13H18OSi. The molecule has 0 bridgehead atoms. The molecule has 1 saturated carbocycles. The van der Waals surface area contributed by atoms with E-state index in [1.54, 1.807) is 0 Å². The maximum absolute atomic E-state index is 11.4. The lowest BCUT2D eigenvalue weighted by Crippen LogP contribution is -2.45. The number of benzene rings is 1. The number of rotatable bonds is 2. The first-order valence-electron chi connectivity index (χ1n) is 5.68. The molecule has 0 aromatic heterocycles. The van der Waals surface area contributed by atoms with Gasteiger partial charge in [-0.15, -0.1) is 0 Å². The molecule has 0 heterocycles. The maximum Gasteiger partial charge on any atom is 0.132 e. The van der Waals surface area contributed by atoms with E-state index in [9.17, 15) is 4.79 Å². The molecule has 0 spiro atoms. The smallest absolute Gasteiger partial charge is 0.132 e. The molecule has 1 fully saturated rings. The highest BCUT2D eigenvalue weighted by Crippen LogP contribution is 2.36. The molecule has 1 aromatic rings. The minimum atomic E-state index is -1.41. The molecule has 0 N–H and O–H groups in total. The first-order valence-corrected chi connectivity index (χ1v) is 8.75. The van der Waals surface area contributed by atoms with Crippen molar-refractivity contribution >= 4 is 19.0 Å². The summed E-state index contributed by atoms with van der Waals surface area (Å²) in [6.07, 6.45) is 2.76. The highest BCUT2D eigenvalue weighted by atomic mass is 28.3. The molecule has 0 unspecified atom stereocenters. The topological polar surface area (TPSA) is 17.1 Å². The Kier molecular flexibility index (Phi) is 2.78. The Labute approximate surface area is 92.5 Å². The van der Waals surface area contributed by atoms with Crippen LogP contribution in [0, 0.1) is 0 Å². The molecular weight excluding hydrogens is 200 g/mol. The molecule has 80 valence electrons. The standard InChI is InChI=1S/C13H18OSi/c1-15(2,12-6-4-3-5-7-12)13-9-8-11(14)10-13/h3-7,13H,8-10H2,1-2H3/t13-/m1/s1. The van der Waals surface area contributed by atoms with E-state index in [2.05, 4.69) is 43.4 Å². The molecule has 1 aliphatic carbocycles. The minimum Gasteiger partial charge on any atom is -0.300 e. The SMILES string of the molecule is C[Si](C)(c1ccccc1)[C@@H]1CCC(=O)C1. The van der Waals surface area contributed by atoms with Gasteiger partial charge in [-0.1, -0.05) is 48.6 Å². The van der Waals surface area contributed by atoms with Gasteiger partial charge in [-0.05, 0) is 12.0 Å². The van der Waals surface area contributed by atoms with Crippen LogP contribution in [0.1, 0.15) is 19.3 Å². The Balaban J connectivity index is 2.23. The predicted octanol–water partition coefficient (Wildman–Crippen LogP) is 2.73. The van der Waals surface area contributed by atoms with E-state index in [0.29, 0.717) is 11.3 Å². The summed E-state index contributed by atoms with van der Waals surface area (Å²) < 4.78 is 0. The fourth-order valence-electron chi connectivity index (χ4n) is 2.53. The largest absolute Gasteiger partial charge is 0.300 e. The molecule has 1 atom stereocenters. The van der Waals surface area contributed by atoms with Crippen LogP contribution in [0.2, 0.25) is 18.6 Å². The van der Waals surface area contributed by atoms with Crippen molar-refractivity contribution < 1.29 is 4.79 Å².